The van der Waals surface area contributed by atoms with E-state index in [1.165, 1.54) is 32.1 Å². The Morgan fingerprint density at radius 2 is 1.63 bits per heavy atom. The summed E-state index contributed by atoms with van der Waals surface area (Å²) >= 11 is 0. The van der Waals surface area contributed by atoms with Gasteiger partial charge in [0.2, 0.25) is 5.78 Å². The van der Waals surface area contributed by atoms with E-state index in [1.807, 2.05) is 6.07 Å². The molecule has 1 aromatic heterocycles. The third-order valence-electron chi connectivity index (χ3n) is 12.5. The molecule has 0 saturated heterocycles. The number of hydrogen-bond acceptors (Lipinski definition) is 3. The Hall–Kier alpha value is -0.873. The summed E-state index contributed by atoms with van der Waals surface area (Å²) in [7, 11) is -2.03. The molecule has 1 aromatic rings. The van der Waals surface area contributed by atoms with Crippen LogP contribution in [0.1, 0.15) is 123 Å². The van der Waals surface area contributed by atoms with Gasteiger partial charge in [0.15, 0.2) is 14.1 Å². The minimum Gasteiger partial charge on any atom is -0.461 e. The van der Waals surface area contributed by atoms with E-state index in [9.17, 15) is 4.79 Å². The van der Waals surface area contributed by atoms with E-state index >= 15 is 0 Å². The van der Waals surface area contributed by atoms with Gasteiger partial charge < -0.3 is 8.84 Å². The van der Waals surface area contributed by atoms with Gasteiger partial charge >= 0.3 is 0 Å². The van der Waals surface area contributed by atoms with Gasteiger partial charge in [-0.25, -0.2) is 0 Å². The van der Waals surface area contributed by atoms with Crippen LogP contribution in [0, 0.1) is 39.4 Å². The molecule has 0 unspecified atom stereocenters. The third-order valence-corrected chi connectivity index (χ3v) is 17.0. The lowest BCUT2D eigenvalue weighted by molar-refractivity contribution is -0.128. The van der Waals surface area contributed by atoms with Crippen LogP contribution in [-0.4, -0.2) is 14.1 Å². The van der Waals surface area contributed by atoms with Gasteiger partial charge in [-0.1, -0.05) is 61.8 Å². The molecule has 0 N–H and O–H groups in total. The van der Waals surface area contributed by atoms with E-state index in [0.717, 1.165) is 24.3 Å². The highest BCUT2D eigenvalue weighted by Crippen LogP contribution is 2.75. The van der Waals surface area contributed by atoms with Crippen molar-refractivity contribution < 1.29 is 13.6 Å². The highest BCUT2D eigenvalue weighted by atomic mass is 28.4. The van der Waals surface area contributed by atoms with Crippen LogP contribution in [0.2, 0.25) is 18.1 Å². The Bertz CT molecular complexity index is 1010. The summed E-state index contributed by atoms with van der Waals surface area (Å²) in [4.78, 5) is 14.3. The molecular formula is C31H50O3Si. The largest absolute Gasteiger partial charge is 0.461 e. The van der Waals surface area contributed by atoms with Crippen molar-refractivity contribution in [3.63, 3.8) is 0 Å². The second kappa shape index (κ2) is 7.59. The van der Waals surface area contributed by atoms with Gasteiger partial charge in [0.1, 0.15) is 0 Å². The van der Waals surface area contributed by atoms with Crippen molar-refractivity contribution in [3.05, 3.63) is 23.7 Å². The SMILES string of the molecule is CC1(C)CCC[C@]2(C)[C@H]3C[C@]4(C)C(=O)c5occc5[C@@H](O[Si](C)(C)C(C)(C)C)C[C@H]4[C@]3(C)CC[C@@H]12. The highest BCUT2D eigenvalue weighted by molar-refractivity contribution is 6.74. The van der Waals surface area contributed by atoms with Gasteiger partial charge in [-0.2, -0.15) is 0 Å². The van der Waals surface area contributed by atoms with Crippen molar-refractivity contribution in [2.75, 3.05) is 0 Å². The molecule has 0 amide bonds. The molecule has 0 bridgehead atoms. The minimum absolute atomic E-state index is 0.0516. The fourth-order valence-corrected chi connectivity index (χ4v) is 10.9. The Balaban J connectivity index is 1.59. The normalized spacial score (nSPS) is 43.1. The zero-order valence-electron chi connectivity index (χ0n) is 24.1. The first-order valence-corrected chi connectivity index (χ1v) is 17.2. The number of hydrogen-bond donors (Lipinski definition) is 0. The van der Waals surface area contributed by atoms with Crippen LogP contribution in [0.5, 0.6) is 0 Å². The maximum atomic E-state index is 14.3. The first-order chi connectivity index (χ1) is 16.0. The summed E-state index contributed by atoms with van der Waals surface area (Å²) in [5.41, 5.74) is 1.51. The molecule has 0 radical (unpaired) electrons. The molecule has 196 valence electrons. The number of furan rings is 1. The van der Waals surface area contributed by atoms with Crippen LogP contribution in [0.25, 0.3) is 0 Å². The second-order valence-electron chi connectivity index (χ2n) is 15.8. The third kappa shape index (κ3) is 3.47. The zero-order valence-corrected chi connectivity index (χ0v) is 25.1. The predicted octanol–water partition coefficient (Wildman–Crippen LogP) is 9.20. The van der Waals surface area contributed by atoms with Crippen LogP contribution in [0.3, 0.4) is 0 Å². The molecule has 0 spiro atoms. The van der Waals surface area contributed by atoms with E-state index in [-0.39, 0.29) is 27.8 Å². The van der Waals surface area contributed by atoms with Crippen molar-refractivity contribution in [2.24, 2.45) is 39.4 Å². The van der Waals surface area contributed by atoms with Gasteiger partial charge in [-0.05, 0) is 96.7 Å². The molecule has 4 aliphatic carbocycles. The van der Waals surface area contributed by atoms with Crippen molar-refractivity contribution in [1.82, 2.24) is 0 Å². The van der Waals surface area contributed by atoms with Gasteiger partial charge in [0.05, 0.1) is 12.4 Å². The lowest BCUT2D eigenvalue weighted by Gasteiger charge is -2.62. The van der Waals surface area contributed by atoms with Gasteiger partial charge in [0, 0.05) is 11.0 Å². The summed E-state index contributed by atoms with van der Waals surface area (Å²) in [5.74, 6) is 2.49. The average molecular weight is 499 g/mol. The molecule has 4 heteroatoms. The van der Waals surface area contributed by atoms with Crippen LogP contribution in [0.15, 0.2) is 16.7 Å². The monoisotopic (exact) mass is 498 g/mol. The molecule has 1 heterocycles. The van der Waals surface area contributed by atoms with Gasteiger partial charge in [-0.3, -0.25) is 4.79 Å². The first-order valence-electron chi connectivity index (χ1n) is 14.3. The van der Waals surface area contributed by atoms with Gasteiger partial charge in [-0.15, -0.1) is 0 Å². The molecule has 35 heavy (non-hydrogen) atoms. The Labute approximate surface area is 215 Å². The molecule has 0 aromatic carbocycles. The van der Waals surface area contributed by atoms with Crippen LogP contribution < -0.4 is 0 Å². The Morgan fingerprint density at radius 3 is 2.29 bits per heavy atom. The van der Waals surface area contributed by atoms with Crippen LogP contribution in [-0.2, 0) is 4.43 Å². The lowest BCUT2D eigenvalue weighted by atomic mass is 9.43. The number of Topliss-reactive ketones (excluding diaryl/α,β-unsaturated/α-hetero) is 1. The molecule has 0 aliphatic heterocycles. The van der Waals surface area contributed by atoms with Crippen LogP contribution >= 0.6 is 0 Å². The van der Waals surface area contributed by atoms with E-state index in [0.29, 0.717) is 28.4 Å². The fraction of sp³-hybridized carbons (Fsp3) is 0.839. The number of ketones is 1. The van der Waals surface area contributed by atoms with Crippen molar-refractivity contribution in [2.45, 2.75) is 125 Å². The number of fused-ring (bicyclic) bond motifs is 6. The highest BCUT2D eigenvalue weighted by Gasteiger charge is 2.70. The number of carbonyl (C=O) groups is 1. The standard InChI is InChI=1S/C31H50O3Si/c1-27(2,3)35(9,10)34-21-18-23-30(7)16-12-22-28(4,5)14-11-15-29(22,6)24(30)19-31(23,8)26(32)25-20(21)13-17-33-25/h13,17,21-24H,11-12,14-16,18-19H2,1-10H3/t21-,22-,23-,24+,29-,30-,31-/m0/s1. The van der Waals surface area contributed by atoms with E-state index < -0.39 is 8.32 Å². The first kappa shape index (κ1) is 25.8. The van der Waals surface area contributed by atoms with E-state index in [1.54, 1.807) is 6.26 Å². The summed E-state index contributed by atoms with van der Waals surface area (Å²) in [5, 5.41) is 0.123. The molecule has 4 aliphatic rings. The maximum absolute atomic E-state index is 14.3. The summed E-state index contributed by atoms with van der Waals surface area (Å²) in [6, 6.07) is 2.02. The average Bonchev–Trinajstić information content (AvgIpc) is 3.27. The molecule has 5 rings (SSSR count). The summed E-state index contributed by atoms with van der Waals surface area (Å²) in [6.07, 6.45) is 10.1. The summed E-state index contributed by atoms with van der Waals surface area (Å²) in [6.45, 7) is 24.1. The van der Waals surface area contributed by atoms with E-state index in [2.05, 4.69) is 68.5 Å². The van der Waals surface area contributed by atoms with Crippen molar-refractivity contribution in [3.8, 4) is 0 Å². The second-order valence-corrected chi connectivity index (χ2v) is 20.6. The fourth-order valence-electron chi connectivity index (χ4n) is 9.65. The van der Waals surface area contributed by atoms with Crippen molar-refractivity contribution in [1.29, 1.82) is 0 Å². The van der Waals surface area contributed by atoms with Crippen molar-refractivity contribution >= 4 is 14.1 Å². The van der Waals surface area contributed by atoms with E-state index in [4.69, 9.17) is 8.84 Å². The smallest absolute Gasteiger partial charge is 0.204 e. The molecule has 3 fully saturated rings. The summed E-state index contributed by atoms with van der Waals surface area (Å²) < 4.78 is 13.1. The Morgan fingerprint density at radius 1 is 0.971 bits per heavy atom. The quantitative estimate of drug-likeness (QED) is 0.381. The molecule has 3 nitrogen and oxygen atoms in total. The van der Waals surface area contributed by atoms with Gasteiger partial charge in [0.25, 0.3) is 0 Å². The molecule has 7 atom stereocenters. The number of rotatable bonds is 2. The molecular weight excluding hydrogens is 448 g/mol. The predicted molar refractivity (Wildman–Crippen MR) is 145 cm³/mol. The lowest BCUT2D eigenvalue weighted by Crippen LogP contribution is -2.54. The maximum Gasteiger partial charge on any atom is 0.204 e. The topological polar surface area (TPSA) is 39.4 Å². The molecule has 3 saturated carbocycles. The number of carbonyl (C=O) groups excluding carboxylic acids is 1. The minimum atomic E-state index is -2.03. The Kier molecular flexibility index (Phi) is 5.59. The zero-order chi connectivity index (χ0) is 25.8. The van der Waals surface area contributed by atoms with Crippen LogP contribution in [0.4, 0.5) is 0 Å².